The molecule has 0 spiro atoms. The Kier molecular flexibility index (Phi) is 5.81. The normalized spacial score (nSPS) is 11.0. The van der Waals surface area contributed by atoms with Crippen molar-refractivity contribution in [3.8, 4) is 5.69 Å². The molecule has 4 aromatic carbocycles. The Hall–Kier alpha value is -3.58. The van der Waals surface area contributed by atoms with Crippen molar-refractivity contribution in [3.63, 3.8) is 0 Å². The zero-order valence-electron chi connectivity index (χ0n) is 17.8. The maximum atomic E-state index is 2.38. The van der Waals surface area contributed by atoms with Gasteiger partial charge in [0.2, 0.25) is 0 Å². The molecular formula is C29H27N. The van der Waals surface area contributed by atoms with E-state index in [0.29, 0.717) is 0 Å². The molecule has 0 unspecified atom stereocenters. The van der Waals surface area contributed by atoms with Gasteiger partial charge >= 0.3 is 0 Å². The van der Waals surface area contributed by atoms with Crippen LogP contribution in [-0.2, 0) is 0 Å². The zero-order chi connectivity index (χ0) is 20.9. The Labute approximate surface area is 178 Å². The van der Waals surface area contributed by atoms with Crippen molar-refractivity contribution >= 4 is 27.9 Å². The second-order valence-electron chi connectivity index (χ2n) is 7.52. The van der Waals surface area contributed by atoms with E-state index in [1.54, 1.807) is 0 Å². The average molecular weight is 390 g/mol. The Bertz CT molecular complexity index is 1290. The van der Waals surface area contributed by atoms with Gasteiger partial charge in [0.15, 0.2) is 0 Å². The molecule has 0 aliphatic carbocycles. The molecule has 30 heavy (non-hydrogen) atoms. The lowest BCUT2D eigenvalue weighted by Gasteiger charge is -2.11. The highest BCUT2D eigenvalue weighted by atomic mass is 15.0. The third-order valence-corrected chi connectivity index (χ3v) is 5.43. The highest BCUT2D eigenvalue weighted by Gasteiger charge is 2.14. The van der Waals surface area contributed by atoms with E-state index in [4.69, 9.17) is 0 Å². The van der Waals surface area contributed by atoms with Crippen molar-refractivity contribution in [2.75, 3.05) is 0 Å². The van der Waals surface area contributed by atoms with Crippen LogP contribution in [0.2, 0.25) is 0 Å². The molecule has 0 bridgehead atoms. The molecule has 5 rings (SSSR count). The van der Waals surface area contributed by atoms with Crippen LogP contribution in [-0.4, -0.2) is 4.57 Å². The number of fused-ring (bicyclic) bond motifs is 3. The summed E-state index contributed by atoms with van der Waals surface area (Å²) in [7, 11) is 0. The van der Waals surface area contributed by atoms with E-state index in [1.165, 1.54) is 44.2 Å². The molecule has 5 aromatic rings. The molecule has 1 heteroatoms. The molecule has 1 heterocycles. The number of aryl methyl sites for hydroxylation is 2. The monoisotopic (exact) mass is 389 g/mol. The molecule has 0 fully saturated rings. The van der Waals surface area contributed by atoms with Crippen molar-refractivity contribution in [2.24, 2.45) is 0 Å². The van der Waals surface area contributed by atoms with Crippen LogP contribution in [0.1, 0.15) is 23.6 Å². The van der Waals surface area contributed by atoms with Crippen LogP contribution in [0.15, 0.2) is 103 Å². The first-order valence-electron chi connectivity index (χ1n) is 10.4. The summed E-state index contributed by atoms with van der Waals surface area (Å²) in [6, 6.07) is 34.0. The Morgan fingerprint density at radius 2 is 1.27 bits per heavy atom. The minimum Gasteiger partial charge on any atom is -0.309 e. The van der Waals surface area contributed by atoms with E-state index in [1.807, 2.05) is 18.2 Å². The first kappa shape index (κ1) is 19.7. The van der Waals surface area contributed by atoms with Crippen LogP contribution in [0.5, 0.6) is 0 Å². The molecule has 0 saturated carbocycles. The molecular weight excluding hydrogens is 362 g/mol. The summed E-state index contributed by atoms with van der Waals surface area (Å²) in [5.74, 6) is 0. The van der Waals surface area contributed by atoms with E-state index < -0.39 is 0 Å². The lowest BCUT2D eigenvalue weighted by atomic mass is 10.0. The van der Waals surface area contributed by atoms with E-state index >= 15 is 0 Å². The number of hydrogen-bond acceptors (Lipinski definition) is 0. The van der Waals surface area contributed by atoms with Gasteiger partial charge in [0.25, 0.3) is 0 Å². The van der Waals surface area contributed by atoms with Crippen LogP contribution in [0.3, 0.4) is 0 Å². The number of para-hydroxylation sites is 2. The molecule has 1 aromatic heterocycles. The summed E-state index contributed by atoms with van der Waals surface area (Å²) in [5, 5.41) is 2.62. The lowest BCUT2D eigenvalue weighted by molar-refractivity contribution is 1.17. The molecule has 148 valence electrons. The van der Waals surface area contributed by atoms with Gasteiger partial charge in [-0.2, -0.15) is 0 Å². The highest BCUT2D eigenvalue weighted by molar-refractivity contribution is 6.10. The summed E-state index contributed by atoms with van der Waals surface area (Å²) in [4.78, 5) is 0. The molecule has 0 aliphatic heterocycles. The molecule has 0 aliphatic rings. The van der Waals surface area contributed by atoms with Crippen molar-refractivity contribution < 1.29 is 0 Å². The standard InChI is InChI=1S/C22H19N.C7H8/c1-3-9-17-14-15-20-19-12-7-8-13-21(19)23(22(20)16(17)2)18-10-5-4-6-11-18;1-7-5-3-2-4-6-7/h3-15H,1-2H3;2-6H,1H3/b9-3-;. The summed E-state index contributed by atoms with van der Waals surface area (Å²) in [6.07, 6.45) is 4.28. The van der Waals surface area contributed by atoms with Gasteiger partial charge in [0.05, 0.1) is 11.0 Å². The van der Waals surface area contributed by atoms with Gasteiger partial charge in [0, 0.05) is 16.5 Å². The second kappa shape index (κ2) is 8.84. The fourth-order valence-electron chi connectivity index (χ4n) is 3.98. The van der Waals surface area contributed by atoms with E-state index in [9.17, 15) is 0 Å². The predicted molar refractivity (Wildman–Crippen MR) is 131 cm³/mol. The van der Waals surface area contributed by atoms with Gasteiger partial charge in [0.1, 0.15) is 0 Å². The van der Waals surface area contributed by atoms with Crippen molar-refractivity contribution in [1.82, 2.24) is 4.57 Å². The summed E-state index contributed by atoms with van der Waals surface area (Å²) in [5.41, 5.74) is 7.69. The number of benzene rings is 4. The van der Waals surface area contributed by atoms with Crippen molar-refractivity contribution in [1.29, 1.82) is 0 Å². The number of allylic oxidation sites excluding steroid dienone is 1. The average Bonchev–Trinajstić information content (AvgIpc) is 3.13. The number of rotatable bonds is 2. The molecule has 0 amide bonds. The van der Waals surface area contributed by atoms with Crippen LogP contribution in [0, 0.1) is 13.8 Å². The molecule has 0 atom stereocenters. The summed E-state index contributed by atoms with van der Waals surface area (Å²) in [6.45, 7) is 6.37. The minimum atomic E-state index is 1.21. The minimum absolute atomic E-state index is 1.21. The summed E-state index contributed by atoms with van der Waals surface area (Å²) < 4.78 is 2.38. The van der Waals surface area contributed by atoms with Gasteiger partial charge < -0.3 is 4.57 Å². The summed E-state index contributed by atoms with van der Waals surface area (Å²) >= 11 is 0. The largest absolute Gasteiger partial charge is 0.309 e. The first-order valence-corrected chi connectivity index (χ1v) is 10.4. The predicted octanol–water partition coefficient (Wildman–Crippen LogP) is 8.12. The van der Waals surface area contributed by atoms with Gasteiger partial charge in [-0.15, -0.1) is 0 Å². The van der Waals surface area contributed by atoms with Gasteiger partial charge in [-0.25, -0.2) is 0 Å². The van der Waals surface area contributed by atoms with E-state index in [-0.39, 0.29) is 0 Å². The maximum absolute atomic E-state index is 2.38. The van der Waals surface area contributed by atoms with Crippen LogP contribution in [0.25, 0.3) is 33.6 Å². The molecule has 0 N–H and O–H groups in total. The van der Waals surface area contributed by atoms with Crippen molar-refractivity contribution in [3.05, 3.63) is 120 Å². The number of nitrogens with zero attached hydrogens (tertiary/aromatic N) is 1. The fourth-order valence-corrected chi connectivity index (χ4v) is 3.98. The third-order valence-electron chi connectivity index (χ3n) is 5.43. The van der Waals surface area contributed by atoms with Crippen LogP contribution >= 0.6 is 0 Å². The first-order chi connectivity index (χ1) is 14.7. The smallest absolute Gasteiger partial charge is 0.0576 e. The van der Waals surface area contributed by atoms with Gasteiger partial charge in [-0.1, -0.05) is 96.6 Å². The quantitative estimate of drug-likeness (QED) is 0.287. The number of hydrogen-bond donors (Lipinski definition) is 0. The van der Waals surface area contributed by atoms with Crippen LogP contribution < -0.4 is 0 Å². The Morgan fingerprint density at radius 3 is 1.90 bits per heavy atom. The third kappa shape index (κ3) is 3.79. The zero-order valence-corrected chi connectivity index (χ0v) is 17.8. The molecule has 1 nitrogen and oxygen atoms in total. The SMILES string of the molecule is C/C=C\c1ccc2c3ccccc3n(-c3ccccc3)c2c1C.Cc1ccccc1. The van der Waals surface area contributed by atoms with Crippen molar-refractivity contribution in [2.45, 2.75) is 20.8 Å². The van der Waals surface area contributed by atoms with Gasteiger partial charge in [-0.3, -0.25) is 0 Å². The Morgan fingerprint density at radius 1 is 0.633 bits per heavy atom. The van der Waals surface area contributed by atoms with E-state index in [2.05, 4.69) is 116 Å². The Balaban J connectivity index is 0.000000265. The number of aromatic nitrogens is 1. The molecule has 0 radical (unpaired) electrons. The molecule has 0 saturated heterocycles. The fraction of sp³-hybridized carbons (Fsp3) is 0.103. The highest BCUT2D eigenvalue weighted by Crippen LogP contribution is 2.35. The van der Waals surface area contributed by atoms with Gasteiger partial charge in [-0.05, 0) is 50.1 Å². The second-order valence-corrected chi connectivity index (χ2v) is 7.52. The maximum Gasteiger partial charge on any atom is 0.0576 e. The lowest BCUT2D eigenvalue weighted by Crippen LogP contribution is -1.95. The van der Waals surface area contributed by atoms with E-state index in [0.717, 1.165) is 0 Å². The topological polar surface area (TPSA) is 4.93 Å². The van der Waals surface area contributed by atoms with Crippen LogP contribution in [0.4, 0.5) is 0 Å².